The lowest BCUT2D eigenvalue weighted by Gasteiger charge is -2.28. The van der Waals surface area contributed by atoms with Crippen LogP contribution in [0, 0.1) is 13.8 Å². The predicted octanol–water partition coefficient (Wildman–Crippen LogP) is 3.41. The highest BCUT2D eigenvalue weighted by molar-refractivity contribution is 5.96. The maximum atomic E-state index is 12.8. The Morgan fingerprint density at radius 1 is 1.24 bits per heavy atom. The Labute approximate surface area is 200 Å². The van der Waals surface area contributed by atoms with E-state index in [1.54, 1.807) is 0 Å². The number of carbonyl (C=O) groups excluding carboxylic acids is 2. The van der Waals surface area contributed by atoms with Crippen molar-refractivity contribution in [2.75, 3.05) is 32.1 Å². The summed E-state index contributed by atoms with van der Waals surface area (Å²) in [6.45, 7) is 13.3. The van der Waals surface area contributed by atoms with Gasteiger partial charge in [-0.3, -0.25) is 9.59 Å². The molecule has 0 saturated heterocycles. The van der Waals surface area contributed by atoms with Crippen molar-refractivity contribution in [1.29, 1.82) is 0 Å². The van der Waals surface area contributed by atoms with Gasteiger partial charge in [0.2, 0.25) is 5.91 Å². The molecule has 3 rings (SSSR count). The lowest BCUT2D eigenvalue weighted by Crippen LogP contribution is -2.34. The average Bonchev–Trinajstić information content (AvgIpc) is 3.53. The van der Waals surface area contributed by atoms with E-state index in [1.165, 1.54) is 23.5 Å². The molecule has 8 nitrogen and oxygen atoms in total. The second-order valence-corrected chi connectivity index (χ2v) is 8.83. The first-order chi connectivity index (χ1) is 16.1. The lowest BCUT2D eigenvalue weighted by atomic mass is 10.1. The zero-order valence-electron chi connectivity index (χ0n) is 20.4. The summed E-state index contributed by atoms with van der Waals surface area (Å²) in [5, 5.41) is 2.78. The first kappa shape index (κ1) is 24.8. The normalized spacial score (nSPS) is 13.4. The molecule has 1 aromatic carbocycles. The molecule has 1 aliphatic carbocycles. The number of rotatable bonds is 11. The van der Waals surface area contributed by atoms with Crippen molar-refractivity contribution in [2.24, 2.45) is 5.73 Å². The monoisotopic (exact) mass is 463 g/mol. The lowest BCUT2D eigenvalue weighted by molar-refractivity contribution is -0.114. The van der Waals surface area contributed by atoms with Gasteiger partial charge in [0.05, 0.1) is 11.4 Å². The maximum absolute atomic E-state index is 12.8. The number of primary amides is 1. The molecule has 0 atom stereocenters. The van der Waals surface area contributed by atoms with Crippen molar-refractivity contribution in [3.8, 4) is 0 Å². The van der Waals surface area contributed by atoms with E-state index in [4.69, 9.17) is 10.2 Å². The number of likely N-dealkylation sites (N-methyl/N-ethyl adjacent to an activating group) is 2. The first-order valence-electron chi connectivity index (χ1n) is 11.2. The van der Waals surface area contributed by atoms with Gasteiger partial charge in [-0.25, -0.2) is 4.98 Å². The third kappa shape index (κ3) is 6.15. The number of anilines is 1. The van der Waals surface area contributed by atoms with Crippen molar-refractivity contribution in [3.63, 3.8) is 0 Å². The van der Waals surface area contributed by atoms with E-state index in [-0.39, 0.29) is 11.3 Å². The van der Waals surface area contributed by atoms with E-state index in [2.05, 4.69) is 60.4 Å². The summed E-state index contributed by atoms with van der Waals surface area (Å²) >= 11 is 0. The average molecular weight is 464 g/mol. The highest BCUT2D eigenvalue weighted by Gasteiger charge is 2.29. The number of aryl methyl sites for hydroxylation is 2. The molecule has 1 fully saturated rings. The molecule has 0 aliphatic heterocycles. The number of nitrogens with two attached hydrogens (primary N) is 1. The van der Waals surface area contributed by atoms with Crippen molar-refractivity contribution >= 4 is 17.5 Å². The Balaban J connectivity index is 1.70. The molecule has 3 N–H and O–H groups in total. The van der Waals surface area contributed by atoms with Crippen LogP contribution in [-0.2, 0) is 4.79 Å². The molecule has 180 valence electrons. The fourth-order valence-electron chi connectivity index (χ4n) is 3.42. The minimum atomic E-state index is -0.686. The molecule has 2 aromatic rings. The Morgan fingerprint density at radius 3 is 2.59 bits per heavy atom. The van der Waals surface area contributed by atoms with Crippen LogP contribution >= 0.6 is 0 Å². The molecule has 1 aliphatic rings. The first-order valence-corrected chi connectivity index (χ1v) is 11.2. The summed E-state index contributed by atoms with van der Waals surface area (Å²) in [6.07, 6.45) is 4.80. The van der Waals surface area contributed by atoms with Gasteiger partial charge in [-0.15, -0.1) is 0 Å². The molecule has 1 saturated carbocycles. The van der Waals surface area contributed by atoms with Crippen molar-refractivity contribution in [1.82, 2.24) is 15.2 Å². The van der Waals surface area contributed by atoms with Crippen molar-refractivity contribution in [3.05, 3.63) is 83.4 Å². The van der Waals surface area contributed by atoms with Crippen LogP contribution in [0.3, 0.4) is 0 Å². The van der Waals surface area contributed by atoms with Crippen LogP contribution in [0.15, 0.2) is 65.1 Å². The molecule has 1 heterocycles. The fraction of sp³-hybridized carbons (Fsp3) is 0.346. The van der Waals surface area contributed by atoms with E-state index >= 15 is 0 Å². The second kappa shape index (κ2) is 10.4. The number of oxazole rings is 1. The van der Waals surface area contributed by atoms with Crippen LogP contribution in [0.2, 0.25) is 0 Å². The van der Waals surface area contributed by atoms with Crippen LogP contribution in [0.25, 0.3) is 0 Å². The van der Waals surface area contributed by atoms with Gasteiger partial charge < -0.3 is 25.3 Å². The fourth-order valence-corrected chi connectivity index (χ4v) is 3.42. The molecule has 2 amide bonds. The van der Waals surface area contributed by atoms with Crippen LogP contribution < -0.4 is 16.0 Å². The molecule has 0 radical (unpaired) electrons. The summed E-state index contributed by atoms with van der Waals surface area (Å²) in [5.74, 6) is -0.278. The van der Waals surface area contributed by atoms with Gasteiger partial charge in [-0.05, 0) is 50.0 Å². The van der Waals surface area contributed by atoms with Gasteiger partial charge in [-0.2, -0.15) is 0 Å². The molecule has 8 heteroatoms. The van der Waals surface area contributed by atoms with Crippen LogP contribution in [0.1, 0.15) is 46.3 Å². The standard InChI is InChI=1S/C26H33N5O3/c1-16-7-8-17(2)23(13-16)31(6)12-11-30(5)19(4)21(14-18(3)24(27)32)28-25(33)22-15-34-26(29-22)20-9-10-20/h7-8,13-15,20H,3-4,9-12H2,1-2,5-6H3,(H2,27,32)(H,28,33)/b21-14+. The van der Waals surface area contributed by atoms with E-state index in [9.17, 15) is 9.59 Å². The number of carbonyl (C=O) groups is 2. The number of nitrogens with zero attached hydrogens (tertiary/aromatic N) is 3. The minimum absolute atomic E-state index is 0.0520. The van der Waals surface area contributed by atoms with Gasteiger partial charge in [0.1, 0.15) is 6.26 Å². The number of benzene rings is 1. The van der Waals surface area contributed by atoms with Gasteiger partial charge >= 0.3 is 0 Å². The topological polar surface area (TPSA) is 105 Å². The van der Waals surface area contributed by atoms with Gasteiger partial charge in [0.15, 0.2) is 11.6 Å². The van der Waals surface area contributed by atoms with Crippen molar-refractivity contribution < 1.29 is 14.0 Å². The number of amides is 2. The van der Waals surface area contributed by atoms with Crippen LogP contribution in [0.4, 0.5) is 5.69 Å². The molecule has 0 bridgehead atoms. The number of hydrogen-bond acceptors (Lipinski definition) is 6. The summed E-state index contributed by atoms with van der Waals surface area (Å²) in [7, 11) is 3.90. The van der Waals surface area contributed by atoms with Crippen LogP contribution in [-0.4, -0.2) is 48.9 Å². The Morgan fingerprint density at radius 2 is 1.94 bits per heavy atom. The highest BCUT2D eigenvalue weighted by Crippen LogP contribution is 2.39. The molecular formula is C26H33N5O3. The quantitative estimate of drug-likeness (QED) is 0.391. The third-order valence-electron chi connectivity index (χ3n) is 5.88. The Bertz CT molecular complexity index is 1140. The second-order valence-electron chi connectivity index (χ2n) is 8.83. The van der Waals surface area contributed by atoms with Gasteiger partial charge in [-0.1, -0.05) is 25.3 Å². The Kier molecular flexibility index (Phi) is 7.61. The SMILES string of the molecule is C=C(/C=C(/NC(=O)c1coc(C2CC2)n1)C(=C)N(C)CCN(C)c1cc(C)ccc1C)C(N)=O. The molecule has 0 unspecified atom stereocenters. The molecular weight excluding hydrogens is 430 g/mol. The van der Waals surface area contributed by atoms with E-state index in [0.29, 0.717) is 36.3 Å². The Hall–Kier alpha value is -3.81. The largest absolute Gasteiger partial charge is 0.448 e. The number of aromatic nitrogens is 1. The smallest absolute Gasteiger partial charge is 0.277 e. The van der Waals surface area contributed by atoms with Gasteiger partial charge in [0.25, 0.3) is 5.91 Å². The van der Waals surface area contributed by atoms with Crippen LogP contribution in [0.5, 0.6) is 0 Å². The zero-order chi connectivity index (χ0) is 25.0. The highest BCUT2D eigenvalue weighted by atomic mass is 16.3. The zero-order valence-corrected chi connectivity index (χ0v) is 20.4. The molecule has 0 spiro atoms. The minimum Gasteiger partial charge on any atom is -0.448 e. The maximum Gasteiger partial charge on any atom is 0.277 e. The van der Waals surface area contributed by atoms with E-state index < -0.39 is 11.8 Å². The third-order valence-corrected chi connectivity index (χ3v) is 5.88. The molecule has 1 aromatic heterocycles. The molecule has 34 heavy (non-hydrogen) atoms. The van der Waals surface area contributed by atoms with Gasteiger partial charge in [0, 0.05) is 44.4 Å². The van der Waals surface area contributed by atoms with Crippen molar-refractivity contribution in [2.45, 2.75) is 32.6 Å². The number of hydrogen-bond donors (Lipinski definition) is 2. The summed E-state index contributed by atoms with van der Waals surface area (Å²) in [6, 6.07) is 6.35. The number of nitrogens with one attached hydrogen (secondary N) is 1. The van der Waals surface area contributed by atoms with E-state index in [0.717, 1.165) is 18.5 Å². The summed E-state index contributed by atoms with van der Waals surface area (Å²) in [4.78, 5) is 32.8. The summed E-state index contributed by atoms with van der Waals surface area (Å²) < 4.78 is 5.42. The van der Waals surface area contributed by atoms with E-state index in [1.807, 2.05) is 19.0 Å². The summed E-state index contributed by atoms with van der Waals surface area (Å²) in [5.41, 5.74) is 9.96. The predicted molar refractivity (Wildman–Crippen MR) is 133 cm³/mol.